The summed E-state index contributed by atoms with van der Waals surface area (Å²) in [5, 5.41) is 6.09. The van der Waals surface area contributed by atoms with Gasteiger partial charge < -0.3 is 5.32 Å². The Kier molecular flexibility index (Phi) is 4.68. The van der Waals surface area contributed by atoms with Crippen molar-refractivity contribution in [1.82, 2.24) is 10.3 Å². The molecule has 106 valence electrons. The van der Waals surface area contributed by atoms with Crippen molar-refractivity contribution < 1.29 is 4.79 Å². The molecule has 0 radical (unpaired) electrons. The van der Waals surface area contributed by atoms with Crippen LogP contribution in [0.25, 0.3) is 11.3 Å². The number of nitrogens with one attached hydrogen (secondary N) is 1. The van der Waals surface area contributed by atoms with Crippen LogP contribution >= 0.6 is 11.3 Å². The van der Waals surface area contributed by atoms with E-state index in [2.05, 4.69) is 10.3 Å². The van der Waals surface area contributed by atoms with Gasteiger partial charge in [0.15, 0.2) is 5.78 Å². The molecule has 2 rings (SSSR count). The summed E-state index contributed by atoms with van der Waals surface area (Å²) >= 11 is 1.55. The number of Topliss-reactive ketones (excluding diaryl/α,β-unsaturated/α-hetero) is 1. The van der Waals surface area contributed by atoms with Gasteiger partial charge in [0.25, 0.3) is 0 Å². The summed E-state index contributed by atoms with van der Waals surface area (Å²) < 4.78 is 0. The van der Waals surface area contributed by atoms with Crippen LogP contribution in [0.15, 0.2) is 35.7 Å². The molecule has 0 bridgehead atoms. The van der Waals surface area contributed by atoms with E-state index in [9.17, 15) is 4.79 Å². The molecule has 0 unspecified atom stereocenters. The quantitative estimate of drug-likeness (QED) is 0.886. The molecule has 4 heteroatoms. The minimum Gasteiger partial charge on any atom is -0.306 e. The Balaban J connectivity index is 2.09. The fourth-order valence-electron chi connectivity index (χ4n) is 2.03. The van der Waals surface area contributed by atoms with Gasteiger partial charge in [-0.25, -0.2) is 4.98 Å². The second-order valence-corrected chi connectivity index (χ2v) is 6.19. The molecule has 0 atom stereocenters. The van der Waals surface area contributed by atoms with Crippen molar-refractivity contribution in [3.63, 3.8) is 0 Å². The molecule has 3 nitrogen and oxygen atoms in total. The third kappa shape index (κ3) is 3.52. The number of hydrogen-bond acceptors (Lipinski definition) is 4. The van der Waals surface area contributed by atoms with Gasteiger partial charge in [0.2, 0.25) is 0 Å². The van der Waals surface area contributed by atoms with Gasteiger partial charge in [0, 0.05) is 10.9 Å². The van der Waals surface area contributed by atoms with Gasteiger partial charge >= 0.3 is 0 Å². The van der Waals surface area contributed by atoms with E-state index < -0.39 is 5.54 Å². The SMILES string of the molecule is CCNC(C)(C)C(=O)Cc1nc(-c2ccccc2)cs1. The summed E-state index contributed by atoms with van der Waals surface area (Å²) in [6.45, 7) is 6.63. The predicted molar refractivity (Wildman–Crippen MR) is 84.0 cm³/mol. The zero-order valence-electron chi connectivity index (χ0n) is 12.1. The molecular weight excluding hydrogens is 268 g/mol. The third-order valence-corrected chi connectivity index (χ3v) is 4.10. The topological polar surface area (TPSA) is 42.0 Å². The first kappa shape index (κ1) is 14.9. The molecule has 20 heavy (non-hydrogen) atoms. The van der Waals surface area contributed by atoms with Crippen molar-refractivity contribution in [1.29, 1.82) is 0 Å². The van der Waals surface area contributed by atoms with E-state index in [1.807, 2.05) is 56.5 Å². The monoisotopic (exact) mass is 288 g/mol. The minimum atomic E-state index is -0.493. The number of hydrogen-bond donors (Lipinski definition) is 1. The highest BCUT2D eigenvalue weighted by atomic mass is 32.1. The van der Waals surface area contributed by atoms with E-state index in [1.165, 1.54) is 0 Å². The molecule has 1 heterocycles. The van der Waals surface area contributed by atoms with Crippen LogP contribution in [0.4, 0.5) is 0 Å². The van der Waals surface area contributed by atoms with Gasteiger partial charge in [-0.05, 0) is 20.4 Å². The Morgan fingerprint density at radius 2 is 2.00 bits per heavy atom. The van der Waals surface area contributed by atoms with E-state index in [4.69, 9.17) is 0 Å². The molecule has 0 spiro atoms. The highest BCUT2D eigenvalue weighted by molar-refractivity contribution is 7.10. The van der Waals surface area contributed by atoms with Crippen molar-refractivity contribution in [2.24, 2.45) is 0 Å². The van der Waals surface area contributed by atoms with Crippen LogP contribution in [0, 0.1) is 0 Å². The molecule has 0 fully saturated rings. The maximum absolute atomic E-state index is 12.3. The first-order valence-electron chi connectivity index (χ1n) is 6.81. The number of likely N-dealkylation sites (N-methyl/N-ethyl adjacent to an activating group) is 1. The molecule has 0 aliphatic rings. The summed E-state index contributed by atoms with van der Waals surface area (Å²) in [6.07, 6.45) is 0.386. The lowest BCUT2D eigenvalue weighted by Gasteiger charge is -2.23. The van der Waals surface area contributed by atoms with E-state index >= 15 is 0 Å². The Labute approximate surface area is 124 Å². The van der Waals surface area contributed by atoms with E-state index in [0.29, 0.717) is 6.42 Å². The average molecular weight is 288 g/mol. The zero-order valence-corrected chi connectivity index (χ0v) is 13.0. The molecule has 1 aromatic carbocycles. The smallest absolute Gasteiger partial charge is 0.159 e. The number of carbonyl (C=O) groups excluding carboxylic acids is 1. The Hall–Kier alpha value is -1.52. The van der Waals surface area contributed by atoms with Crippen LogP contribution in [0.2, 0.25) is 0 Å². The Morgan fingerprint density at radius 3 is 2.65 bits per heavy atom. The molecule has 0 aliphatic carbocycles. The first-order valence-corrected chi connectivity index (χ1v) is 7.69. The van der Waals surface area contributed by atoms with E-state index in [1.54, 1.807) is 11.3 Å². The fourth-order valence-corrected chi connectivity index (χ4v) is 2.83. The van der Waals surface area contributed by atoms with Crippen LogP contribution in [0.1, 0.15) is 25.8 Å². The summed E-state index contributed by atoms with van der Waals surface area (Å²) in [6, 6.07) is 10.0. The van der Waals surface area contributed by atoms with Crippen LogP contribution < -0.4 is 5.32 Å². The lowest BCUT2D eigenvalue weighted by molar-refractivity contribution is -0.123. The molecule has 0 saturated heterocycles. The molecular formula is C16H20N2OS. The number of nitrogens with zero attached hydrogens (tertiary/aromatic N) is 1. The normalized spacial score (nSPS) is 11.6. The average Bonchev–Trinajstić information content (AvgIpc) is 2.88. The summed E-state index contributed by atoms with van der Waals surface area (Å²) in [5.74, 6) is 0.174. The predicted octanol–water partition coefficient (Wildman–Crippen LogP) is 3.31. The summed E-state index contributed by atoms with van der Waals surface area (Å²) in [4.78, 5) is 16.8. The van der Waals surface area contributed by atoms with Gasteiger partial charge in [0.1, 0.15) is 5.01 Å². The third-order valence-electron chi connectivity index (χ3n) is 3.25. The van der Waals surface area contributed by atoms with Crippen LogP contribution in [-0.2, 0) is 11.2 Å². The number of aromatic nitrogens is 1. The highest BCUT2D eigenvalue weighted by Gasteiger charge is 2.26. The van der Waals surface area contributed by atoms with Gasteiger partial charge in [-0.1, -0.05) is 37.3 Å². The number of ketones is 1. The fraction of sp³-hybridized carbons (Fsp3) is 0.375. The van der Waals surface area contributed by atoms with E-state index in [-0.39, 0.29) is 5.78 Å². The van der Waals surface area contributed by atoms with Gasteiger partial charge in [0.05, 0.1) is 17.7 Å². The minimum absolute atomic E-state index is 0.174. The number of benzene rings is 1. The molecule has 0 amide bonds. The maximum atomic E-state index is 12.3. The van der Waals surface area contributed by atoms with Crippen LogP contribution in [-0.4, -0.2) is 22.9 Å². The molecule has 1 aromatic heterocycles. The van der Waals surface area contributed by atoms with E-state index in [0.717, 1.165) is 22.8 Å². The maximum Gasteiger partial charge on any atom is 0.159 e. The van der Waals surface area contributed by atoms with Crippen LogP contribution in [0.3, 0.4) is 0 Å². The lowest BCUT2D eigenvalue weighted by Crippen LogP contribution is -2.47. The second-order valence-electron chi connectivity index (χ2n) is 5.25. The standard InChI is InChI=1S/C16H20N2OS/c1-4-17-16(2,3)14(19)10-15-18-13(11-20-15)12-8-6-5-7-9-12/h5-9,11,17H,4,10H2,1-3H3. The number of carbonyl (C=O) groups is 1. The largest absolute Gasteiger partial charge is 0.306 e. The summed E-state index contributed by atoms with van der Waals surface area (Å²) in [7, 11) is 0. The van der Waals surface area contributed by atoms with Gasteiger partial charge in [-0.3, -0.25) is 4.79 Å². The van der Waals surface area contributed by atoms with Crippen molar-refractivity contribution >= 4 is 17.1 Å². The molecule has 0 saturated carbocycles. The van der Waals surface area contributed by atoms with Crippen molar-refractivity contribution in [3.8, 4) is 11.3 Å². The van der Waals surface area contributed by atoms with Gasteiger partial charge in [-0.2, -0.15) is 0 Å². The summed E-state index contributed by atoms with van der Waals surface area (Å²) in [5.41, 5.74) is 1.54. The Bertz CT molecular complexity index is 575. The Morgan fingerprint density at radius 1 is 1.30 bits per heavy atom. The van der Waals surface area contributed by atoms with Crippen molar-refractivity contribution in [2.75, 3.05) is 6.54 Å². The van der Waals surface area contributed by atoms with Crippen LogP contribution in [0.5, 0.6) is 0 Å². The number of thiazole rings is 1. The molecule has 0 aliphatic heterocycles. The highest BCUT2D eigenvalue weighted by Crippen LogP contribution is 2.22. The van der Waals surface area contributed by atoms with Crippen molar-refractivity contribution in [2.45, 2.75) is 32.7 Å². The molecule has 2 aromatic rings. The van der Waals surface area contributed by atoms with Crippen molar-refractivity contribution in [3.05, 3.63) is 40.7 Å². The first-order chi connectivity index (χ1) is 9.53. The molecule has 1 N–H and O–H groups in total. The zero-order chi connectivity index (χ0) is 14.6. The second kappa shape index (κ2) is 6.29. The lowest BCUT2D eigenvalue weighted by atomic mass is 9.97. The number of rotatable bonds is 6. The van der Waals surface area contributed by atoms with Gasteiger partial charge in [-0.15, -0.1) is 11.3 Å².